The highest BCUT2D eigenvalue weighted by Gasteiger charge is 2.30. The first-order chi connectivity index (χ1) is 8.34. The highest BCUT2D eigenvalue weighted by molar-refractivity contribution is 9.10. The van der Waals surface area contributed by atoms with E-state index in [4.69, 9.17) is 5.11 Å². The Morgan fingerprint density at radius 2 is 2.17 bits per heavy atom. The molecule has 1 aromatic rings. The van der Waals surface area contributed by atoms with Crippen LogP contribution in [-0.4, -0.2) is 26.0 Å². The first kappa shape index (κ1) is 15.9. The van der Waals surface area contributed by atoms with E-state index < -0.39 is 11.4 Å². The van der Waals surface area contributed by atoms with Gasteiger partial charge in [-0.25, -0.2) is 4.98 Å². The van der Waals surface area contributed by atoms with Gasteiger partial charge in [0.2, 0.25) is 0 Å². The fourth-order valence-corrected chi connectivity index (χ4v) is 2.53. The van der Waals surface area contributed by atoms with E-state index in [1.807, 2.05) is 39.0 Å². The van der Waals surface area contributed by atoms with Crippen LogP contribution in [-0.2, 0) is 11.4 Å². The lowest BCUT2D eigenvalue weighted by Gasteiger charge is -2.27. The van der Waals surface area contributed by atoms with Crippen LogP contribution in [0.1, 0.15) is 38.9 Å². The van der Waals surface area contributed by atoms with Crippen molar-refractivity contribution in [3.63, 3.8) is 0 Å². The third-order valence-electron chi connectivity index (χ3n) is 2.32. The van der Waals surface area contributed by atoms with E-state index in [0.29, 0.717) is 6.42 Å². The number of aliphatic hydroxyl groups excluding tert-OH is 1. The molecule has 0 aliphatic rings. The van der Waals surface area contributed by atoms with Gasteiger partial charge < -0.3 is 9.66 Å². The zero-order valence-electron chi connectivity index (χ0n) is 10.8. The number of halogens is 1. The first-order valence-electron chi connectivity index (χ1n) is 5.76. The number of nitrogens with one attached hydrogen (secondary N) is 1. The number of aromatic nitrogens is 1. The lowest BCUT2D eigenvalue weighted by Crippen LogP contribution is -2.41. The molecule has 0 saturated carbocycles. The topological polar surface area (TPSA) is 68.2 Å². The predicted molar refractivity (Wildman–Crippen MR) is 77.4 cm³/mol. The molecule has 0 saturated heterocycles. The molecule has 0 amide bonds. The first-order valence-corrected chi connectivity index (χ1v) is 7.70. The van der Waals surface area contributed by atoms with Crippen LogP contribution in [0.2, 0.25) is 0 Å². The standard InChI is InChI=1S/C12H19BrN2O2S/c1-12(2,3)18(17)15-10(7-8-16)9-5-4-6-11(13)14-9/h4-6,10,15-16H,7-8H2,1-3H3/t10-,18+/m1/s1. The van der Waals surface area contributed by atoms with Crippen LogP contribution in [0.4, 0.5) is 0 Å². The Labute approximate surface area is 120 Å². The van der Waals surface area contributed by atoms with Crippen molar-refractivity contribution in [3.05, 3.63) is 28.5 Å². The summed E-state index contributed by atoms with van der Waals surface area (Å²) >= 11 is 2.12. The summed E-state index contributed by atoms with van der Waals surface area (Å²) in [7, 11) is 0. The van der Waals surface area contributed by atoms with Crippen molar-refractivity contribution in [2.75, 3.05) is 6.61 Å². The van der Waals surface area contributed by atoms with Crippen LogP contribution in [0.3, 0.4) is 0 Å². The fourth-order valence-electron chi connectivity index (χ4n) is 1.32. The number of hydrogen-bond acceptors (Lipinski definition) is 4. The van der Waals surface area contributed by atoms with Gasteiger partial charge in [0.15, 0.2) is 0 Å². The minimum Gasteiger partial charge on any atom is -0.598 e. The summed E-state index contributed by atoms with van der Waals surface area (Å²) in [5.74, 6) is 0. The molecule has 2 N–H and O–H groups in total. The van der Waals surface area contributed by atoms with Gasteiger partial charge in [-0.05, 0) is 55.3 Å². The summed E-state index contributed by atoms with van der Waals surface area (Å²) in [6.45, 7) is 5.73. The van der Waals surface area contributed by atoms with E-state index in [9.17, 15) is 4.55 Å². The number of aliphatic hydroxyl groups is 1. The summed E-state index contributed by atoms with van der Waals surface area (Å²) in [6.07, 6.45) is 0.477. The molecule has 0 aliphatic heterocycles. The van der Waals surface area contributed by atoms with E-state index in [-0.39, 0.29) is 17.4 Å². The van der Waals surface area contributed by atoms with Crippen LogP contribution in [0, 0.1) is 0 Å². The maximum atomic E-state index is 12.1. The molecule has 102 valence electrons. The second-order valence-electron chi connectivity index (χ2n) is 4.95. The smallest absolute Gasteiger partial charge is 0.136 e. The maximum absolute atomic E-state index is 12.1. The van der Waals surface area contributed by atoms with Gasteiger partial charge in [-0.15, -0.1) is 4.72 Å². The van der Waals surface area contributed by atoms with Crippen LogP contribution in [0.15, 0.2) is 22.8 Å². The third kappa shape index (κ3) is 4.85. The lowest BCUT2D eigenvalue weighted by molar-refractivity contribution is 0.271. The summed E-state index contributed by atoms with van der Waals surface area (Å²) in [6, 6.07) is 5.35. The molecule has 1 rings (SSSR count). The minimum atomic E-state index is -1.19. The van der Waals surface area contributed by atoms with E-state index in [0.717, 1.165) is 10.3 Å². The molecule has 2 atom stereocenters. The molecule has 0 fully saturated rings. The number of rotatable bonds is 5. The zero-order valence-corrected chi connectivity index (χ0v) is 13.2. The van der Waals surface area contributed by atoms with Gasteiger partial charge in [0.25, 0.3) is 0 Å². The van der Waals surface area contributed by atoms with Crippen molar-refractivity contribution in [2.24, 2.45) is 0 Å². The zero-order chi connectivity index (χ0) is 13.8. The Kier molecular flexibility index (Phi) is 6.07. The molecule has 18 heavy (non-hydrogen) atoms. The quantitative estimate of drug-likeness (QED) is 0.640. The molecule has 4 nitrogen and oxygen atoms in total. The van der Waals surface area contributed by atoms with Gasteiger partial charge in [0.05, 0.1) is 11.7 Å². The van der Waals surface area contributed by atoms with Crippen molar-refractivity contribution < 1.29 is 9.66 Å². The molecular formula is C12H19BrN2O2S. The molecular weight excluding hydrogens is 316 g/mol. The summed E-state index contributed by atoms with van der Waals surface area (Å²) in [5.41, 5.74) is 0.774. The molecule has 1 aromatic heterocycles. The number of pyridine rings is 1. The Balaban J connectivity index is 2.83. The van der Waals surface area contributed by atoms with Crippen molar-refractivity contribution in [1.82, 2.24) is 9.71 Å². The molecule has 1 heterocycles. The minimum absolute atomic E-state index is 0.0210. The average Bonchev–Trinajstić information content (AvgIpc) is 2.27. The van der Waals surface area contributed by atoms with Gasteiger partial charge in [0.1, 0.15) is 9.35 Å². The van der Waals surface area contributed by atoms with Gasteiger partial charge in [0, 0.05) is 18.0 Å². The van der Waals surface area contributed by atoms with E-state index in [1.165, 1.54) is 0 Å². The normalized spacial score (nSPS) is 15.4. The van der Waals surface area contributed by atoms with Crippen molar-refractivity contribution in [2.45, 2.75) is 38.0 Å². The third-order valence-corrected chi connectivity index (χ3v) is 4.37. The summed E-state index contributed by atoms with van der Waals surface area (Å²) in [5, 5.41) is 9.10. The van der Waals surface area contributed by atoms with Gasteiger partial charge in [-0.3, -0.25) is 0 Å². The second-order valence-corrected chi connectivity index (χ2v) is 7.76. The van der Waals surface area contributed by atoms with Crippen molar-refractivity contribution in [1.29, 1.82) is 0 Å². The van der Waals surface area contributed by atoms with Gasteiger partial charge >= 0.3 is 0 Å². The molecule has 0 aromatic carbocycles. The fraction of sp³-hybridized carbons (Fsp3) is 0.583. The summed E-state index contributed by atoms with van der Waals surface area (Å²) < 4.78 is 15.5. The molecule has 0 unspecified atom stereocenters. The number of hydrogen-bond donors (Lipinski definition) is 2. The Morgan fingerprint density at radius 3 is 2.67 bits per heavy atom. The highest BCUT2D eigenvalue weighted by atomic mass is 79.9. The van der Waals surface area contributed by atoms with Crippen LogP contribution < -0.4 is 4.72 Å². The Morgan fingerprint density at radius 1 is 1.50 bits per heavy atom. The predicted octanol–water partition coefficient (Wildman–Crippen LogP) is 2.32. The van der Waals surface area contributed by atoms with Crippen LogP contribution >= 0.6 is 15.9 Å². The van der Waals surface area contributed by atoms with Crippen LogP contribution in [0.5, 0.6) is 0 Å². The Hall–Kier alpha value is -0.140. The van der Waals surface area contributed by atoms with E-state index >= 15 is 0 Å². The molecule has 0 radical (unpaired) electrons. The number of nitrogens with zero attached hydrogens (tertiary/aromatic N) is 1. The van der Waals surface area contributed by atoms with E-state index in [1.54, 1.807) is 0 Å². The largest absolute Gasteiger partial charge is 0.598 e. The molecule has 0 aliphatic carbocycles. The molecule has 0 bridgehead atoms. The van der Waals surface area contributed by atoms with Crippen LogP contribution in [0.25, 0.3) is 0 Å². The van der Waals surface area contributed by atoms with Crippen molar-refractivity contribution >= 4 is 27.3 Å². The van der Waals surface area contributed by atoms with Gasteiger partial charge in [-0.2, -0.15) is 0 Å². The monoisotopic (exact) mass is 334 g/mol. The van der Waals surface area contributed by atoms with E-state index in [2.05, 4.69) is 25.6 Å². The maximum Gasteiger partial charge on any atom is 0.136 e. The summed E-state index contributed by atoms with van der Waals surface area (Å²) in [4.78, 5) is 4.34. The average molecular weight is 335 g/mol. The van der Waals surface area contributed by atoms with Gasteiger partial charge in [-0.1, -0.05) is 6.07 Å². The molecule has 0 spiro atoms. The SMILES string of the molecule is CC(C)(C)[S@+]([O-])N[C@H](CCO)c1cccc(Br)n1. The lowest BCUT2D eigenvalue weighted by atomic mass is 10.1. The molecule has 6 heteroatoms. The highest BCUT2D eigenvalue weighted by Crippen LogP contribution is 2.22. The Bertz CT molecular complexity index is 385. The second kappa shape index (κ2) is 6.86. The van der Waals surface area contributed by atoms with Crippen molar-refractivity contribution in [3.8, 4) is 0 Å².